The van der Waals surface area contributed by atoms with Crippen LogP contribution in [0.2, 0.25) is 0 Å². The second kappa shape index (κ2) is 6.00. The largest absolute Gasteiger partial charge is 0.466 e. The maximum absolute atomic E-state index is 11.2. The van der Waals surface area contributed by atoms with Crippen LogP contribution in [0.3, 0.4) is 0 Å². The van der Waals surface area contributed by atoms with Crippen LogP contribution in [0.25, 0.3) is 11.3 Å². The summed E-state index contributed by atoms with van der Waals surface area (Å²) in [6, 6.07) is 9.77. The predicted molar refractivity (Wildman–Crippen MR) is 66.9 cm³/mol. The number of ether oxygens (including phenoxy) is 1. The van der Waals surface area contributed by atoms with Gasteiger partial charge in [-0.05, 0) is 6.92 Å². The van der Waals surface area contributed by atoms with Gasteiger partial charge in [0.25, 0.3) is 0 Å². The van der Waals surface area contributed by atoms with Crippen molar-refractivity contribution < 1.29 is 13.9 Å². The van der Waals surface area contributed by atoms with Crippen LogP contribution in [-0.4, -0.2) is 17.6 Å². The zero-order chi connectivity index (χ0) is 12.8. The highest BCUT2D eigenvalue weighted by Gasteiger charge is 2.08. The van der Waals surface area contributed by atoms with Crippen molar-refractivity contribution in [2.45, 2.75) is 19.8 Å². The highest BCUT2D eigenvalue weighted by atomic mass is 16.5. The lowest BCUT2D eigenvalue weighted by molar-refractivity contribution is -0.143. The molecule has 0 bridgehead atoms. The van der Waals surface area contributed by atoms with E-state index in [0.717, 1.165) is 11.3 Å². The summed E-state index contributed by atoms with van der Waals surface area (Å²) < 4.78 is 10.2. The van der Waals surface area contributed by atoms with Crippen molar-refractivity contribution in [2.24, 2.45) is 0 Å². The standard InChI is InChI=1S/C14H15NO3/c1-2-17-14(16)9-8-13-15-12(10-18-13)11-6-4-3-5-7-11/h3-7,10H,2,8-9H2,1H3. The molecule has 0 fully saturated rings. The minimum Gasteiger partial charge on any atom is -0.466 e. The van der Waals surface area contributed by atoms with Crippen LogP contribution in [0.4, 0.5) is 0 Å². The molecule has 4 heteroatoms. The molecule has 94 valence electrons. The maximum atomic E-state index is 11.2. The number of hydrogen-bond donors (Lipinski definition) is 0. The molecule has 2 rings (SSSR count). The topological polar surface area (TPSA) is 52.3 Å². The van der Waals surface area contributed by atoms with E-state index >= 15 is 0 Å². The number of oxazole rings is 1. The lowest BCUT2D eigenvalue weighted by atomic mass is 10.2. The number of esters is 1. The van der Waals surface area contributed by atoms with Crippen LogP contribution >= 0.6 is 0 Å². The van der Waals surface area contributed by atoms with Gasteiger partial charge in [-0.1, -0.05) is 30.3 Å². The van der Waals surface area contributed by atoms with E-state index in [-0.39, 0.29) is 5.97 Å². The van der Waals surface area contributed by atoms with Gasteiger partial charge in [0.15, 0.2) is 5.89 Å². The molecule has 0 N–H and O–H groups in total. The van der Waals surface area contributed by atoms with Crippen LogP contribution in [0.5, 0.6) is 0 Å². The van der Waals surface area contributed by atoms with Gasteiger partial charge < -0.3 is 9.15 Å². The smallest absolute Gasteiger partial charge is 0.306 e. The molecule has 1 heterocycles. The summed E-state index contributed by atoms with van der Waals surface area (Å²) in [6.07, 6.45) is 2.37. The lowest BCUT2D eigenvalue weighted by Gasteiger charge is -1.98. The van der Waals surface area contributed by atoms with Gasteiger partial charge in [-0.15, -0.1) is 0 Å². The Morgan fingerprint density at radius 1 is 1.33 bits per heavy atom. The quantitative estimate of drug-likeness (QED) is 0.760. The Morgan fingerprint density at radius 3 is 2.83 bits per heavy atom. The van der Waals surface area contributed by atoms with Crippen LogP contribution in [0.15, 0.2) is 41.0 Å². The molecule has 0 saturated heterocycles. The SMILES string of the molecule is CCOC(=O)CCc1nc(-c2ccccc2)co1. The minimum absolute atomic E-state index is 0.225. The van der Waals surface area contributed by atoms with Crippen molar-refractivity contribution in [1.82, 2.24) is 4.98 Å². The number of carbonyl (C=O) groups excluding carboxylic acids is 1. The number of benzene rings is 1. The molecule has 0 aliphatic carbocycles. The van der Waals surface area contributed by atoms with Gasteiger partial charge in [0, 0.05) is 12.0 Å². The third-order valence-electron chi connectivity index (χ3n) is 2.47. The normalized spacial score (nSPS) is 10.3. The van der Waals surface area contributed by atoms with Crippen molar-refractivity contribution >= 4 is 5.97 Å². The first kappa shape index (κ1) is 12.4. The zero-order valence-corrected chi connectivity index (χ0v) is 10.3. The Labute approximate surface area is 106 Å². The Bertz CT molecular complexity index is 505. The van der Waals surface area contributed by atoms with Crippen molar-refractivity contribution in [3.8, 4) is 11.3 Å². The number of aryl methyl sites for hydroxylation is 1. The van der Waals surface area contributed by atoms with Gasteiger partial charge in [-0.3, -0.25) is 4.79 Å². The summed E-state index contributed by atoms with van der Waals surface area (Å²) in [7, 11) is 0. The Kier molecular flexibility index (Phi) is 4.12. The summed E-state index contributed by atoms with van der Waals surface area (Å²) in [5.41, 5.74) is 1.79. The van der Waals surface area contributed by atoms with Crippen molar-refractivity contribution in [3.63, 3.8) is 0 Å². The molecule has 0 atom stereocenters. The number of carbonyl (C=O) groups is 1. The first-order valence-electron chi connectivity index (χ1n) is 5.95. The van der Waals surface area contributed by atoms with Crippen LogP contribution in [-0.2, 0) is 16.0 Å². The average Bonchev–Trinajstić information content (AvgIpc) is 2.87. The number of nitrogens with zero attached hydrogens (tertiary/aromatic N) is 1. The number of aromatic nitrogens is 1. The fraction of sp³-hybridized carbons (Fsp3) is 0.286. The van der Waals surface area contributed by atoms with Crippen LogP contribution in [0, 0.1) is 0 Å². The third kappa shape index (κ3) is 3.20. The van der Waals surface area contributed by atoms with Crippen molar-refractivity contribution in [1.29, 1.82) is 0 Å². The van der Waals surface area contributed by atoms with Gasteiger partial charge in [-0.2, -0.15) is 0 Å². The van der Waals surface area contributed by atoms with E-state index in [4.69, 9.17) is 9.15 Å². The third-order valence-corrected chi connectivity index (χ3v) is 2.47. The molecule has 0 aliphatic rings. The van der Waals surface area contributed by atoms with E-state index in [1.54, 1.807) is 13.2 Å². The average molecular weight is 245 g/mol. The van der Waals surface area contributed by atoms with E-state index < -0.39 is 0 Å². The molecule has 18 heavy (non-hydrogen) atoms. The molecule has 1 aromatic carbocycles. The molecule has 0 saturated carbocycles. The van der Waals surface area contributed by atoms with Gasteiger partial charge in [0.05, 0.1) is 13.0 Å². The van der Waals surface area contributed by atoms with E-state index in [9.17, 15) is 4.79 Å². The molecule has 0 aliphatic heterocycles. The summed E-state index contributed by atoms with van der Waals surface area (Å²) in [4.78, 5) is 15.5. The van der Waals surface area contributed by atoms with E-state index in [1.807, 2.05) is 30.3 Å². The first-order valence-corrected chi connectivity index (χ1v) is 5.95. The Balaban J connectivity index is 1.97. The van der Waals surface area contributed by atoms with E-state index in [2.05, 4.69) is 4.98 Å². The van der Waals surface area contributed by atoms with E-state index in [1.165, 1.54) is 0 Å². The fourth-order valence-corrected chi connectivity index (χ4v) is 1.61. The maximum Gasteiger partial charge on any atom is 0.306 e. The highest BCUT2D eigenvalue weighted by Crippen LogP contribution is 2.18. The molecule has 2 aromatic rings. The molecule has 0 spiro atoms. The van der Waals surface area contributed by atoms with E-state index in [0.29, 0.717) is 25.3 Å². The monoisotopic (exact) mass is 245 g/mol. The molecular formula is C14H15NO3. The molecule has 4 nitrogen and oxygen atoms in total. The van der Waals surface area contributed by atoms with Gasteiger partial charge in [0.1, 0.15) is 12.0 Å². The number of rotatable bonds is 5. The zero-order valence-electron chi connectivity index (χ0n) is 10.3. The van der Waals surface area contributed by atoms with Gasteiger partial charge in [0.2, 0.25) is 0 Å². The van der Waals surface area contributed by atoms with Gasteiger partial charge in [-0.25, -0.2) is 4.98 Å². The minimum atomic E-state index is -0.225. The Morgan fingerprint density at radius 2 is 2.11 bits per heavy atom. The molecule has 0 amide bonds. The van der Waals surface area contributed by atoms with Crippen LogP contribution in [0.1, 0.15) is 19.2 Å². The summed E-state index contributed by atoms with van der Waals surface area (Å²) >= 11 is 0. The molecule has 0 radical (unpaired) electrons. The van der Waals surface area contributed by atoms with Gasteiger partial charge >= 0.3 is 5.97 Å². The van der Waals surface area contributed by atoms with Crippen LogP contribution < -0.4 is 0 Å². The summed E-state index contributed by atoms with van der Waals surface area (Å²) in [6.45, 7) is 2.19. The first-order chi connectivity index (χ1) is 8.79. The summed E-state index contributed by atoms with van der Waals surface area (Å²) in [5.74, 6) is 0.332. The Hall–Kier alpha value is -2.10. The number of hydrogen-bond acceptors (Lipinski definition) is 4. The van der Waals surface area contributed by atoms with Crippen molar-refractivity contribution in [2.75, 3.05) is 6.61 Å². The molecule has 0 unspecified atom stereocenters. The highest BCUT2D eigenvalue weighted by molar-refractivity contribution is 5.69. The second-order valence-corrected chi connectivity index (χ2v) is 3.80. The molecule has 1 aromatic heterocycles. The second-order valence-electron chi connectivity index (χ2n) is 3.80. The molecular weight excluding hydrogens is 230 g/mol. The lowest BCUT2D eigenvalue weighted by Crippen LogP contribution is -2.05. The summed E-state index contributed by atoms with van der Waals surface area (Å²) in [5, 5.41) is 0. The van der Waals surface area contributed by atoms with Crippen molar-refractivity contribution in [3.05, 3.63) is 42.5 Å². The fourth-order valence-electron chi connectivity index (χ4n) is 1.61. The predicted octanol–water partition coefficient (Wildman–Crippen LogP) is 2.84.